The van der Waals surface area contributed by atoms with E-state index in [2.05, 4.69) is 16.6 Å². The molecule has 4 rings (SSSR count). The normalized spacial score (nSPS) is 13.6. The summed E-state index contributed by atoms with van der Waals surface area (Å²) in [6.45, 7) is 6.76. The third kappa shape index (κ3) is 3.80. The van der Waals surface area contributed by atoms with Gasteiger partial charge >= 0.3 is 0 Å². The van der Waals surface area contributed by atoms with Crippen LogP contribution in [0.2, 0.25) is 0 Å². The molecule has 7 nitrogen and oxygen atoms in total. The molecule has 0 unspecified atom stereocenters. The van der Waals surface area contributed by atoms with E-state index in [-0.39, 0.29) is 17.5 Å². The van der Waals surface area contributed by atoms with Crippen molar-refractivity contribution < 1.29 is 18.8 Å². The first-order valence-electron chi connectivity index (χ1n) is 10.5. The molecule has 32 heavy (non-hydrogen) atoms. The topological polar surface area (TPSA) is 93.3 Å². The fraction of sp³-hybridized carbons (Fsp3) is 0.320. The maximum atomic E-state index is 13.3. The lowest BCUT2D eigenvalue weighted by atomic mass is 10.0. The number of ketones is 1. The van der Waals surface area contributed by atoms with Gasteiger partial charge in [0, 0.05) is 22.8 Å². The lowest BCUT2D eigenvalue weighted by Crippen LogP contribution is -2.45. The smallest absolute Gasteiger partial charge is 0.293 e. The molecule has 2 aromatic heterocycles. The molecule has 3 aromatic rings. The summed E-state index contributed by atoms with van der Waals surface area (Å²) < 4.78 is 7.23. The van der Waals surface area contributed by atoms with Crippen LogP contribution in [0.5, 0.6) is 0 Å². The van der Waals surface area contributed by atoms with Crippen molar-refractivity contribution in [1.29, 1.82) is 0 Å². The van der Waals surface area contributed by atoms with E-state index >= 15 is 0 Å². The van der Waals surface area contributed by atoms with Crippen LogP contribution in [0.1, 0.15) is 64.8 Å². The monoisotopic (exact) mass is 431 g/mol. The summed E-state index contributed by atoms with van der Waals surface area (Å²) >= 11 is 0. The number of hydrogen-bond donors (Lipinski definition) is 2. The van der Waals surface area contributed by atoms with Gasteiger partial charge in [0.05, 0.1) is 17.4 Å². The highest BCUT2D eigenvalue weighted by molar-refractivity contribution is 6.44. The van der Waals surface area contributed by atoms with Crippen LogP contribution in [0.4, 0.5) is 5.69 Å². The molecule has 0 radical (unpaired) electrons. The van der Waals surface area contributed by atoms with Crippen molar-refractivity contribution in [2.75, 3.05) is 5.32 Å². The van der Waals surface area contributed by atoms with Crippen LogP contribution < -0.4 is 10.6 Å². The van der Waals surface area contributed by atoms with Crippen molar-refractivity contribution in [2.45, 2.75) is 52.1 Å². The molecule has 1 aromatic carbocycles. The van der Waals surface area contributed by atoms with Gasteiger partial charge in [-0.05, 0) is 70.4 Å². The van der Waals surface area contributed by atoms with Gasteiger partial charge in [0.15, 0.2) is 0 Å². The SMILES string of the molecule is C#CC(C)(C)NC(=O)C(=O)c1c(C)c(C(=O)Nc2ccc3occc3c2)n(C2CC2)c1C. The molecule has 0 aliphatic heterocycles. The Hall–Kier alpha value is -3.79. The Kier molecular flexibility index (Phi) is 5.17. The number of amides is 2. The zero-order chi connectivity index (χ0) is 23.2. The fourth-order valence-corrected chi connectivity index (χ4v) is 3.99. The van der Waals surface area contributed by atoms with Crippen LogP contribution in [-0.4, -0.2) is 27.7 Å². The van der Waals surface area contributed by atoms with Gasteiger partial charge in [-0.15, -0.1) is 6.42 Å². The summed E-state index contributed by atoms with van der Waals surface area (Å²) in [6, 6.07) is 7.33. The van der Waals surface area contributed by atoms with E-state index < -0.39 is 17.2 Å². The third-order valence-corrected chi connectivity index (χ3v) is 5.75. The molecule has 1 aliphatic rings. The molecule has 164 valence electrons. The largest absolute Gasteiger partial charge is 0.464 e. The average molecular weight is 431 g/mol. The van der Waals surface area contributed by atoms with Gasteiger partial charge in [0.25, 0.3) is 17.6 Å². The number of anilines is 1. The molecule has 0 saturated heterocycles. The molecular weight excluding hydrogens is 406 g/mol. The van der Waals surface area contributed by atoms with Crippen molar-refractivity contribution in [3.8, 4) is 12.3 Å². The maximum Gasteiger partial charge on any atom is 0.293 e. The number of rotatable bonds is 6. The Bertz CT molecular complexity index is 1300. The number of furan rings is 1. The Morgan fingerprint density at radius 1 is 1.19 bits per heavy atom. The van der Waals surface area contributed by atoms with Crippen molar-refractivity contribution >= 4 is 34.3 Å². The van der Waals surface area contributed by atoms with Crippen molar-refractivity contribution in [2.24, 2.45) is 0 Å². The number of nitrogens with one attached hydrogen (secondary N) is 2. The highest BCUT2D eigenvalue weighted by Crippen LogP contribution is 2.40. The molecular formula is C25H25N3O4. The number of carbonyl (C=O) groups is 3. The van der Waals surface area contributed by atoms with Crippen LogP contribution in [0.15, 0.2) is 34.9 Å². The standard InChI is InChI=1S/C25H25N3O4/c1-6-25(4,5)27-24(31)22(29)20-14(2)21(28(15(20)3)18-8-9-18)23(30)26-17-7-10-19-16(13-17)11-12-32-19/h1,7,10-13,18H,8-9H2,2-5H3,(H,26,30)(H,27,31). The van der Waals surface area contributed by atoms with Crippen molar-refractivity contribution in [3.63, 3.8) is 0 Å². The summed E-state index contributed by atoms with van der Waals surface area (Å²) in [4.78, 5) is 39.0. The number of benzene rings is 1. The molecule has 2 heterocycles. The second kappa shape index (κ2) is 7.72. The van der Waals surface area contributed by atoms with Gasteiger partial charge in [-0.3, -0.25) is 14.4 Å². The molecule has 1 saturated carbocycles. The maximum absolute atomic E-state index is 13.3. The lowest BCUT2D eigenvalue weighted by molar-refractivity contribution is -0.118. The molecule has 2 N–H and O–H groups in total. The first-order chi connectivity index (χ1) is 15.1. The zero-order valence-electron chi connectivity index (χ0n) is 18.5. The van der Waals surface area contributed by atoms with Gasteiger partial charge in [-0.25, -0.2) is 0 Å². The minimum atomic E-state index is -0.959. The quantitative estimate of drug-likeness (QED) is 0.348. The minimum Gasteiger partial charge on any atom is -0.464 e. The Morgan fingerprint density at radius 3 is 2.56 bits per heavy atom. The van der Waals surface area contributed by atoms with Crippen LogP contribution in [-0.2, 0) is 4.79 Å². The minimum absolute atomic E-state index is 0.137. The van der Waals surface area contributed by atoms with Gasteiger partial charge < -0.3 is 19.6 Å². The number of hydrogen-bond acceptors (Lipinski definition) is 4. The van der Waals surface area contributed by atoms with E-state index in [1.54, 1.807) is 46.1 Å². The van der Waals surface area contributed by atoms with E-state index in [4.69, 9.17) is 10.8 Å². The van der Waals surface area contributed by atoms with E-state index in [0.29, 0.717) is 22.6 Å². The molecule has 1 aliphatic carbocycles. The van der Waals surface area contributed by atoms with Crippen LogP contribution in [0.3, 0.4) is 0 Å². The molecule has 2 amide bonds. The summed E-state index contributed by atoms with van der Waals surface area (Å²) in [6.07, 6.45) is 8.85. The first kappa shape index (κ1) is 21.4. The summed E-state index contributed by atoms with van der Waals surface area (Å²) in [5, 5.41) is 6.36. The van der Waals surface area contributed by atoms with Crippen molar-refractivity contribution in [1.82, 2.24) is 9.88 Å². The van der Waals surface area contributed by atoms with E-state index in [1.165, 1.54) is 0 Å². The predicted octanol–water partition coefficient (Wildman–Crippen LogP) is 4.15. The molecule has 7 heteroatoms. The third-order valence-electron chi connectivity index (χ3n) is 5.75. The molecule has 1 fully saturated rings. The lowest BCUT2D eigenvalue weighted by Gasteiger charge is -2.19. The Morgan fingerprint density at radius 2 is 1.91 bits per heavy atom. The van der Waals surface area contributed by atoms with Gasteiger partial charge in [-0.1, -0.05) is 5.92 Å². The highest BCUT2D eigenvalue weighted by atomic mass is 16.3. The highest BCUT2D eigenvalue weighted by Gasteiger charge is 2.36. The number of carbonyl (C=O) groups excluding carboxylic acids is 3. The Labute approximate surface area is 186 Å². The number of Topliss-reactive ketones (excluding diaryl/α,β-unsaturated/α-hetero) is 1. The number of nitrogens with zero attached hydrogens (tertiary/aromatic N) is 1. The molecule has 0 atom stereocenters. The van der Waals surface area contributed by atoms with Crippen LogP contribution in [0, 0.1) is 26.2 Å². The molecule has 0 bridgehead atoms. The number of aromatic nitrogens is 1. The van der Waals surface area contributed by atoms with E-state index in [9.17, 15) is 14.4 Å². The summed E-state index contributed by atoms with van der Waals surface area (Å²) in [5.41, 5.74) is 2.12. The number of fused-ring (bicyclic) bond motifs is 1. The fourth-order valence-electron chi connectivity index (χ4n) is 3.99. The Balaban J connectivity index is 1.69. The average Bonchev–Trinajstić information content (AvgIpc) is 3.40. The second-order valence-electron chi connectivity index (χ2n) is 8.72. The zero-order valence-corrected chi connectivity index (χ0v) is 18.5. The van der Waals surface area contributed by atoms with Gasteiger partial charge in [0.1, 0.15) is 11.3 Å². The molecule has 0 spiro atoms. The summed E-state index contributed by atoms with van der Waals surface area (Å²) in [7, 11) is 0. The number of terminal acetylenes is 1. The predicted molar refractivity (Wildman–Crippen MR) is 122 cm³/mol. The van der Waals surface area contributed by atoms with E-state index in [0.717, 1.165) is 23.8 Å². The van der Waals surface area contributed by atoms with Crippen LogP contribution >= 0.6 is 0 Å². The van der Waals surface area contributed by atoms with E-state index in [1.807, 2.05) is 16.7 Å². The van der Waals surface area contributed by atoms with Crippen LogP contribution in [0.25, 0.3) is 11.0 Å². The van der Waals surface area contributed by atoms with Crippen molar-refractivity contribution in [3.05, 3.63) is 53.0 Å². The van der Waals surface area contributed by atoms with Gasteiger partial charge in [-0.2, -0.15) is 0 Å². The second-order valence-corrected chi connectivity index (χ2v) is 8.72. The summed E-state index contributed by atoms with van der Waals surface area (Å²) in [5.74, 6) is 0.634. The van der Waals surface area contributed by atoms with Gasteiger partial charge in [0.2, 0.25) is 0 Å². The first-order valence-corrected chi connectivity index (χ1v) is 10.5.